The summed E-state index contributed by atoms with van der Waals surface area (Å²) in [5.41, 5.74) is 0.303. The topological polar surface area (TPSA) is 78.9 Å². The van der Waals surface area contributed by atoms with Crippen molar-refractivity contribution in [3.05, 3.63) is 0 Å². The number of carbonyl (C=O) groups is 2. The Morgan fingerprint density at radius 1 is 1.04 bits per heavy atom. The zero-order valence-corrected chi connectivity index (χ0v) is 14.2. The van der Waals surface area contributed by atoms with E-state index < -0.39 is 5.97 Å². The Morgan fingerprint density at radius 2 is 1.71 bits per heavy atom. The van der Waals surface area contributed by atoms with Crippen molar-refractivity contribution in [2.24, 2.45) is 17.3 Å². The van der Waals surface area contributed by atoms with Crippen LogP contribution in [0.1, 0.15) is 51.4 Å². The van der Waals surface area contributed by atoms with Crippen molar-refractivity contribution < 1.29 is 19.4 Å². The SMILES string of the molecule is O=C(O)C1CCC(NC(=O)N2CC3(CCOCC3)C2C2CC2)CC1. The number of rotatable bonds is 3. The monoisotopic (exact) mass is 336 g/mol. The Morgan fingerprint density at radius 3 is 2.29 bits per heavy atom. The third kappa shape index (κ3) is 2.89. The molecule has 4 rings (SSSR count). The van der Waals surface area contributed by atoms with Crippen molar-refractivity contribution in [2.45, 2.75) is 63.5 Å². The van der Waals surface area contributed by atoms with Gasteiger partial charge in [-0.05, 0) is 57.3 Å². The number of nitrogens with zero attached hydrogens (tertiary/aromatic N) is 1. The molecule has 24 heavy (non-hydrogen) atoms. The van der Waals surface area contributed by atoms with Gasteiger partial charge in [-0.3, -0.25) is 4.79 Å². The highest BCUT2D eigenvalue weighted by Gasteiger charge is 2.59. The van der Waals surface area contributed by atoms with Crippen molar-refractivity contribution in [1.29, 1.82) is 0 Å². The molecule has 4 fully saturated rings. The molecule has 0 aromatic rings. The molecule has 0 aromatic carbocycles. The molecule has 2 aliphatic heterocycles. The lowest BCUT2D eigenvalue weighted by molar-refractivity contribution is -0.142. The fourth-order valence-electron chi connectivity index (χ4n) is 5.09. The Balaban J connectivity index is 1.33. The molecule has 2 N–H and O–H groups in total. The summed E-state index contributed by atoms with van der Waals surface area (Å²) in [5.74, 6) is -0.241. The molecule has 6 nitrogen and oxygen atoms in total. The van der Waals surface area contributed by atoms with E-state index in [1.807, 2.05) is 0 Å². The quantitative estimate of drug-likeness (QED) is 0.828. The van der Waals surface area contributed by atoms with Gasteiger partial charge in [-0.2, -0.15) is 0 Å². The average Bonchev–Trinajstić information content (AvgIpc) is 3.38. The first-order chi connectivity index (χ1) is 11.6. The summed E-state index contributed by atoms with van der Waals surface area (Å²) in [6.45, 7) is 2.53. The second kappa shape index (κ2) is 6.21. The number of ether oxygens (including phenoxy) is 1. The minimum Gasteiger partial charge on any atom is -0.481 e. The van der Waals surface area contributed by atoms with Gasteiger partial charge in [0.25, 0.3) is 0 Å². The highest BCUT2D eigenvalue weighted by Crippen LogP contribution is 2.54. The normalized spacial score (nSPS) is 35.3. The first-order valence-corrected chi connectivity index (χ1v) is 9.47. The van der Waals surface area contributed by atoms with Gasteiger partial charge in [0.2, 0.25) is 0 Å². The number of carboxylic acids is 1. The molecule has 2 amide bonds. The second-order valence-electron chi connectivity index (χ2n) is 8.22. The number of urea groups is 1. The van der Waals surface area contributed by atoms with Crippen LogP contribution in [0.15, 0.2) is 0 Å². The lowest BCUT2D eigenvalue weighted by Crippen LogP contribution is -2.70. The van der Waals surface area contributed by atoms with Gasteiger partial charge in [-0.15, -0.1) is 0 Å². The van der Waals surface area contributed by atoms with E-state index in [2.05, 4.69) is 10.2 Å². The molecule has 2 heterocycles. The summed E-state index contributed by atoms with van der Waals surface area (Å²) in [4.78, 5) is 25.8. The number of amides is 2. The zero-order valence-electron chi connectivity index (χ0n) is 14.2. The molecule has 2 saturated carbocycles. The minimum atomic E-state index is -0.697. The zero-order chi connectivity index (χ0) is 16.7. The summed E-state index contributed by atoms with van der Waals surface area (Å²) in [5, 5.41) is 12.3. The van der Waals surface area contributed by atoms with Gasteiger partial charge in [0.1, 0.15) is 0 Å². The van der Waals surface area contributed by atoms with E-state index in [0.717, 1.165) is 45.4 Å². The number of carbonyl (C=O) groups excluding carboxylic acids is 1. The van der Waals surface area contributed by atoms with E-state index in [1.54, 1.807) is 0 Å². The molecule has 1 spiro atoms. The summed E-state index contributed by atoms with van der Waals surface area (Å²) >= 11 is 0. The number of aliphatic carboxylic acids is 1. The fourth-order valence-corrected chi connectivity index (χ4v) is 5.09. The predicted molar refractivity (Wildman–Crippen MR) is 87.6 cm³/mol. The molecular formula is C18H28N2O4. The van der Waals surface area contributed by atoms with E-state index in [0.29, 0.717) is 30.2 Å². The van der Waals surface area contributed by atoms with Crippen molar-refractivity contribution in [2.75, 3.05) is 19.8 Å². The maximum atomic E-state index is 12.7. The highest BCUT2D eigenvalue weighted by atomic mass is 16.5. The standard InChI is InChI=1S/C18H28N2O4/c21-16(22)13-3-5-14(6-4-13)19-17(23)20-11-18(7-9-24-10-8-18)15(20)12-1-2-12/h12-15H,1-11H2,(H,19,23)(H,21,22). The molecule has 6 heteroatoms. The maximum absolute atomic E-state index is 12.7. The Hall–Kier alpha value is -1.30. The molecule has 1 unspecified atom stereocenters. The molecule has 2 aliphatic carbocycles. The van der Waals surface area contributed by atoms with Crippen LogP contribution in [0.4, 0.5) is 4.79 Å². The number of nitrogens with one attached hydrogen (secondary N) is 1. The van der Waals surface area contributed by atoms with Crippen molar-refractivity contribution in [1.82, 2.24) is 10.2 Å². The number of carboxylic acid groups (broad SMARTS) is 1. The largest absolute Gasteiger partial charge is 0.481 e. The molecule has 134 valence electrons. The van der Waals surface area contributed by atoms with Crippen molar-refractivity contribution in [3.8, 4) is 0 Å². The average molecular weight is 336 g/mol. The van der Waals surface area contributed by atoms with Crippen LogP contribution in [0, 0.1) is 17.3 Å². The number of hydrogen-bond donors (Lipinski definition) is 2. The molecule has 1 atom stereocenters. The van der Waals surface area contributed by atoms with Crippen molar-refractivity contribution >= 4 is 12.0 Å². The first-order valence-electron chi connectivity index (χ1n) is 9.47. The summed E-state index contributed by atoms with van der Waals surface area (Å²) in [6, 6.07) is 0.610. The highest BCUT2D eigenvalue weighted by molar-refractivity contribution is 5.76. The van der Waals surface area contributed by atoms with E-state index in [1.165, 1.54) is 12.8 Å². The molecule has 2 saturated heterocycles. The summed E-state index contributed by atoms with van der Waals surface area (Å²) in [6.07, 6.45) is 7.58. The van der Waals surface area contributed by atoms with E-state index in [4.69, 9.17) is 9.84 Å². The molecule has 0 radical (unpaired) electrons. The van der Waals surface area contributed by atoms with Crippen LogP contribution in [0.3, 0.4) is 0 Å². The summed E-state index contributed by atoms with van der Waals surface area (Å²) < 4.78 is 5.53. The molecule has 0 aromatic heterocycles. The minimum absolute atomic E-state index is 0.0720. The van der Waals surface area contributed by atoms with Crippen molar-refractivity contribution in [3.63, 3.8) is 0 Å². The van der Waals surface area contributed by atoms with E-state index >= 15 is 0 Å². The Kier molecular flexibility index (Phi) is 4.19. The van der Waals surface area contributed by atoms with Gasteiger partial charge in [0.15, 0.2) is 0 Å². The van der Waals surface area contributed by atoms with Crippen LogP contribution >= 0.6 is 0 Å². The molecule has 4 aliphatic rings. The van der Waals surface area contributed by atoms with Crippen LogP contribution in [-0.4, -0.2) is 53.8 Å². The smallest absolute Gasteiger partial charge is 0.317 e. The molecular weight excluding hydrogens is 308 g/mol. The van der Waals surface area contributed by atoms with Crippen LogP contribution < -0.4 is 5.32 Å². The number of hydrogen-bond acceptors (Lipinski definition) is 3. The third-order valence-corrected chi connectivity index (χ3v) is 6.67. The Labute approximate surface area is 142 Å². The van der Waals surface area contributed by atoms with Gasteiger partial charge >= 0.3 is 12.0 Å². The fraction of sp³-hybridized carbons (Fsp3) is 0.889. The predicted octanol–water partition coefficient (Wildman–Crippen LogP) is 2.23. The van der Waals surface area contributed by atoms with Gasteiger partial charge in [0, 0.05) is 37.3 Å². The van der Waals surface area contributed by atoms with Crippen LogP contribution in [0.2, 0.25) is 0 Å². The maximum Gasteiger partial charge on any atom is 0.317 e. The van der Waals surface area contributed by atoms with E-state index in [9.17, 15) is 9.59 Å². The third-order valence-electron chi connectivity index (χ3n) is 6.67. The van der Waals surface area contributed by atoms with Gasteiger partial charge in [-0.25, -0.2) is 4.79 Å². The second-order valence-corrected chi connectivity index (χ2v) is 8.22. The van der Waals surface area contributed by atoms with Crippen LogP contribution in [-0.2, 0) is 9.53 Å². The van der Waals surface area contributed by atoms with Crippen LogP contribution in [0.5, 0.6) is 0 Å². The summed E-state index contributed by atoms with van der Waals surface area (Å²) in [7, 11) is 0. The Bertz CT molecular complexity index is 505. The van der Waals surface area contributed by atoms with Gasteiger partial charge < -0.3 is 20.1 Å². The number of likely N-dealkylation sites (tertiary alicyclic amines) is 1. The van der Waals surface area contributed by atoms with Gasteiger partial charge in [-0.1, -0.05) is 0 Å². The molecule has 0 bridgehead atoms. The first kappa shape index (κ1) is 16.2. The van der Waals surface area contributed by atoms with E-state index in [-0.39, 0.29) is 18.0 Å². The lowest BCUT2D eigenvalue weighted by Gasteiger charge is -2.59. The van der Waals surface area contributed by atoms with Gasteiger partial charge in [0.05, 0.1) is 5.92 Å². The van der Waals surface area contributed by atoms with Crippen LogP contribution in [0.25, 0.3) is 0 Å². The lowest BCUT2D eigenvalue weighted by atomic mass is 9.64.